The van der Waals surface area contributed by atoms with Gasteiger partial charge in [0.15, 0.2) is 11.5 Å². The standard InChI is InChI=1S/C17H10ClF3N6O/c18-12-8-10(6-7-11(12)17(19,20)21)27-14(22)13(24-26-27)16-23-15(25-28-16)9-4-2-1-3-5-9/h1-8H,22H2. The number of anilines is 1. The third kappa shape index (κ3) is 3.18. The molecule has 4 rings (SSSR count). The van der Waals surface area contributed by atoms with Crippen LogP contribution in [0.2, 0.25) is 5.02 Å². The number of nitrogens with zero attached hydrogens (tertiary/aromatic N) is 5. The first kappa shape index (κ1) is 18.0. The maximum Gasteiger partial charge on any atom is 0.417 e. The van der Waals surface area contributed by atoms with Crippen molar-refractivity contribution in [1.29, 1.82) is 0 Å². The second kappa shape index (κ2) is 6.64. The molecule has 0 amide bonds. The number of hydrogen-bond donors (Lipinski definition) is 1. The van der Waals surface area contributed by atoms with Gasteiger partial charge < -0.3 is 10.3 Å². The summed E-state index contributed by atoms with van der Waals surface area (Å²) in [6.45, 7) is 0. The van der Waals surface area contributed by atoms with Gasteiger partial charge in [-0.1, -0.05) is 52.3 Å². The normalized spacial score (nSPS) is 11.7. The van der Waals surface area contributed by atoms with Crippen LogP contribution < -0.4 is 5.73 Å². The summed E-state index contributed by atoms with van der Waals surface area (Å²) >= 11 is 5.75. The summed E-state index contributed by atoms with van der Waals surface area (Å²) in [6.07, 6.45) is -4.56. The summed E-state index contributed by atoms with van der Waals surface area (Å²) in [5.74, 6) is 0.377. The monoisotopic (exact) mass is 406 g/mol. The minimum Gasteiger partial charge on any atom is -0.382 e. The Morgan fingerprint density at radius 3 is 2.50 bits per heavy atom. The lowest BCUT2D eigenvalue weighted by atomic mass is 10.2. The van der Waals surface area contributed by atoms with E-state index in [1.165, 1.54) is 6.07 Å². The topological polar surface area (TPSA) is 95.7 Å². The van der Waals surface area contributed by atoms with Crippen LogP contribution in [-0.4, -0.2) is 25.1 Å². The zero-order chi connectivity index (χ0) is 19.9. The molecule has 0 aliphatic carbocycles. The van der Waals surface area contributed by atoms with E-state index in [4.69, 9.17) is 21.9 Å². The molecular weight excluding hydrogens is 397 g/mol. The van der Waals surface area contributed by atoms with Gasteiger partial charge >= 0.3 is 6.18 Å². The van der Waals surface area contributed by atoms with E-state index >= 15 is 0 Å². The Hall–Kier alpha value is -3.40. The molecular formula is C17H10ClF3N6O. The number of benzene rings is 2. The quantitative estimate of drug-likeness (QED) is 0.546. The van der Waals surface area contributed by atoms with Crippen molar-refractivity contribution in [3.05, 3.63) is 59.1 Å². The van der Waals surface area contributed by atoms with Crippen LogP contribution in [0.25, 0.3) is 28.7 Å². The Morgan fingerprint density at radius 2 is 1.82 bits per heavy atom. The van der Waals surface area contributed by atoms with Gasteiger partial charge in [0.2, 0.25) is 5.82 Å². The summed E-state index contributed by atoms with van der Waals surface area (Å²) in [5.41, 5.74) is 6.12. The third-order valence-electron chi connectivity index (χ3n) is 3.87. The molecule has 142 valence electrons. The number of alkyl halides is 3. The predicted octanol–water partition coefficient (Wildman–Crippen LogP) is 4.24. The van der Waals surface area contributed by atoms with Crippen LogP contribution >= 0.6 is 11.6 Å². The molecule has 0 saturated carbocycles. The summed E-state index contributed by atoms with van der Waals surface area (Å²) in [7, 11) is 0. The Kier molecular flexibility index (Phi) is 4.27. The predicted molar refractivity (Wildman–Crippen MR) is 94.5 cm³/mol. The first-order valence-corrected chi connectivity index (χ1v) is 8.20. The Bertz CT molecular complexity index is 1140. The largest absolute Gasteiger partial charge is 0.417 e. The van der Waals surface area contributed by atoms with Crippen molar-refractivity contribution in [1.82, 2.24) is 25.1 Å². The van der Waals surface area contributed by atoms with E-state index in [0.717, 1.165) is 22.4 Å². The first-order chi connectivity index (χ1) is 13.3. The zero-order valence-corrected chi connectivity index (χ0v) is 14.6. The summed E-state index contributed by atoms with van der Waals surface area (Å²) in [6, 6.07) is 12.2. The lowest BCUT2D eigenvalue weighted by Gasteiger charge is -2.10. The number of hydrogen-bond acceptors (Lipinski definition) is 6. The lowest BCUT2D eigenvalue weighted by Crippen LogP contribution is -2.08. The van der Waals surface area contributed by atoms with Crippen molar-refractivity contribution in [2.45, 2.75) is 6.18 Å². The number of halogens is 4. The second-order valence-corrected chi connectivity index (χ2v) is 6.09. The van der Waals surface area contributed by atoms with E-state index in [1.54, 1.807) is 12.1 Å². The molecule has 0 atom stereocenters. The molecule has 0 spiro atoms. The third-order valence-corrected chi connectivity index (χ3v) is 4.18. The minimum absolute atomic E-state index is 0.0130. The van der Waals surface area contributed by atoms with E-state index in [0.29, 0.717) is 5.82 Å². The molecule has 28 heavy (non-hydrogen) atoms. The molecule has 2 aromatic carbocycles. The molecule has 0 aliphatic heterocycles. The van der Waals surface area contributed by atoms with Crippen LogP contribution in [0, 0.1) is 0 Å². The highest BCUT2D eigenvalue weighted by molar-refractivity contribution is 6.31. The minimum atomic E-state index is -4.56. The molecule has 2 aromatic heterocycles. The first-order valence-electron chi connectivity index (χ1n) is 7.82. The van der Waals surface area contributed by atoms with E-state index < -0.39 is 16.8 Å². The molecule has 2 heterocycles. The van der Waals surface area contributed by atoms with Crippen LogP contribution in [0.1, 0.15) is 5.56 Å². The molecule has 0 saturated heterocycles. The number of nitrogen functional groups attached to an aromatic ring is 1. The Balaban J connectivity index is 1.69. The summed E-state index contributed by atoms with van der Waals surface area (Å²) in [5, 5.41) is 11.1. The fourth-order valence-electron chi connectivity index (χ4n) is 2.52. The maximum atomic E-state index is 12.9. The molecule has 0 aliphatic rings. The van der Waals surface area contributed by atoms with Crippen molar-refractivity contribution >= 4 is 17.4 Å². The van der Waals surface area contributed by atoms with Crippen molar-refractivity contribution in [3.63, 3.8) is 0 Å². The SMILES string of the molecule is Nc1c(-c2nc(-c3ccccc3)no2)nnn1-c1ccc(C(F)(F)F)c(Cl)c1. The molecule has 0 radical (unpaired) electrons. The Morgan fingerprint density at radius 1 is 1.07 bits per heavy atom. The number of rotatable bonds is 3. The zero-order valence-electron chi connectivity index (χ0n) is 13.9. The molecule has 11 heteroatoms. The van der Waals surface area contributed by atoms with Gasteiger partial charge in [0.1, 0.15) is 0 Å². The average Bonchev–Trinajstić information content (AvgIpc) is 3.28. The molecule has 7 nitrogen and oxygen atoms in total. The lowest BCUT2D eigenvalue weighted by molar-refractivity contribution is -0.137. The molecule has 2 N–H and O–H groups in total. The highest BCUT2D eigenvalue weighted by Crippen LogP contribution is 2.36. The van der Waals surface area contributed by atoms with Crippen LogP contribution in [0.15, 0.2) is 53.1 Å². The summed E-state index contributed by atoms with van der Waals surface area (Å²) < 4.78 is 44.9. The van der Waals surface area contributed by atoms with Gasteiger partial charge in [-0.15, -0.1) is 5.10 Å². The molecule has 0 bridgehead atoms. The molecule has 0 unspecified atom stereocenters. The fraction of sp³-hybridized carbons (Fsp3) is 0.0588. The fourth-order valence-corrected chi connectivity index (χ4v) is 2.80. The van der Waals surface area contributed by atoms with E-state index in [1.807, 2.05) is 18.2 Å². The van der Waals surface area contributed by atoms with Gasteiger partial charge in [0, 0.05) is 5.56 Å². The number of aromatic nitrogens is 5. The maximum absolute atomic E-state index is 12.9. The van der Waals surface area contributed by atoms with Crippen LogP contribution in [0.3, 0.4) is 0 Å². The smallest absolute Gasteiger partial charge is 0.382 e. The van der Waals surface area contributed by atoms with Crippen molar-refractivity contribution < 1.29 is 17.7 Å². The highest BCUT2D eigenvalue weighted by atomic mass is 35.5. The van der Waals surface area contributed by atoms with Crippen LogP contribution in [0.5, 0.6) is 0 Å². The molecule has 4 aromatic rings. The van der Waals surface area contributed by atoms with Crippen LogP contribution in [-0.2, 0) is 6.18 Å². The Labute approximate surface area is 160 Å². The summed E-state index contributed by atoms with van der Waals surface area (Å²) in [4.78, 5) is 4.23. The van der Waals surface area contributed by atoms with Crippen molar-refractivity contribution in [2.75, 3.05) is 5.73 Å². The van der Waals surface area contributed by atoms with Gasteiger partial charge in [0.25, 0.3) is 5.89 Å². The van der Waals surface area contributed by atoms with Gasteiger partial charge in [-0.2, -0.15) is 22.8 Å². The van der Waals surface area contributed by atoms with Gasteiger partial charge in [0.05, 0.1) is 16.3 Å². The van der Waals surface area contributed by atoms with Gasteiger partial charge in [-0.3, -0.25) is 0 Å². The molecule has 0 fully saturated rings. The average molecular weight is 407 g/mol. The van der Waals surface area contributed by atoms with Gasteiger partial charge in [-0.05, 0) is 18.2 Å². The van der Waals surface area contributed by atoms with E-state index in [9.17, 15) is 13.2 Å². The van der Waals surface area contributed by atoms with E-state index in [-0.39, 0.29) is 23.1 Å². The van der Waals surface area contributed by atoms with Crippen molar-refractivity contribution in [3.8, 4) is 28.7 Å². The van der Waals surface area contributed by atoms with Gasteiger partial charge in [-0.25, -0.2) is 0 Å². The van der Waals surface area contributed by atoms with Crippen LogP contribution in [0.4, 0.5) is 19.0 Å². The van der Waals surface area contributed by atoms with E-state index in [2.05, 4.69) is 20.5 Å². The number of nitrogens with two attached hydrogens (primary N) is 1. The van der Waals surface area contributed by atoms with Crippen molar-refractivity contribution in [2.24, 2.45) is 0 Å². The second-order valence-electron chi connectivity index (χ2n) is 5.69. The highest BCUT2D eigenvalue weighted by Gasteiger charge is 2.33.